The van der Waals surface area contributed by atoms with Gasteiger partial charge in [-0.1, -0.05) is 13.0 Å². The summed E-state index contributed by atoms with van der Waals surface area (Å²) in [4.78, 5) is 15.3. The zero-order chi connectivity index (χ0) is 12.7. The quantitative estimate of drug-likeness (QED) is 0.749. The zero-order valence-electron chi connectivity index (χ0n) is 10.4. The third kappa shape index (κ3) is 4.03. The molecule has 5 heteroatoms. The molecule has 0 bridgehead atoms. The molecule has 1 aromatic rings. The molecule has 0 aromatic carbocycles. The van der Waals surface area contributed by atoms with Gasteiger partial charge in [-0.3, -0.25) is 4.79 Å². The van der Waals surface area contributed by atoms with Crippen LogP contribution >= 0.6 is 0 Å². The molecule has 1 N–H and O–H groups in total. The van der Waals surface area contributed by atoms with Gasteiger partial charge < -0.3 is 14.8 Å². The van der Waals surface area contributed by atoms with E-state index >= 15 is 0 Å². The molecule has 94 valence electrons. The van der Waals surface area contributed by atoms with Crippen molar-refractivity contribution < 1.29 is 14.3 Å². The second-order valence-corrected chi connectivity index (χ2v) is 3.73. The van der Waals surface area contributed by atoms with E-state index in [1.165, 1.54) is 7.11 Å². The molecule has 1 atom stereocenters. The highest BCUT2D eigenvalue weighted by atomic mass is 16.5. The maximum atomic E-state index is 11.2. The Labute approximate surface area is 101 Å². The van der Waals surface area contributed by atoms with E-state index < -0.39 is 0 Å². The van der Waals surface area contributed by atoms with Crippen molar-refractivity contribution in [3.63, 3.8) is 0 Å². The van der Waals surface area contributed by atoms with Gasteiger partial charge in [0.2, 0.25) is 5.88 Å². The highest BCUT2D eigenvalue weighted by molar-refractivity contribution is 5.72. The van der Waals surface area contributed by atoms with Crippen molar-refractivity contribution in [2.75, 3.05) is 20.8 Å². The molecular weight excluding hydrogens is 220 g/mol. The lowest BCUT2D eigenvalue weighted by Gasteiger charge is -2.11. The first-order chi connectivity index (χ1) is 8.19. The van der Waals surface area contributed by atoms with E-state index in [1.807, 2.05) is 19.1 Å². The first-order valence-electron chi connectivity index (χ1n) is 5.45. The number of hydrogen-bond donors (Lipinski definition) is 1. The Morgan fingerprint density at radius 3 is 2.94 bits per heavy atom. The Morgan fingerprint density at radius 1 is 1.53 bits per heavy atom. The molecule has 0 aliphatic rings. The number of ether oxygens (including phenoxy) is 2. The summed E-state index contributed by atoms with van der Waals surface area (Å²) in [6.07, 6.45) is 1.68. The van der Waals surface area contributed by atoms with Crippen molar-refractivity contribution in [3.05, 3.63) is 23.9 Å². The molecule has 0 saturated heterocycles. The summed E-state index contributed by atoms with van der Waals surface area (Å²) in [5.74, 6) is 0.226. The third-order valence-electron chi connectivity index (χ3n) is 2.41. The fourth-order valence-electron chi connectivity index (χ4n) is 1.45. The number of carbonyl (C=O) groups is 1. The van der Waals surface area contributed by atoms with Crippen LogP contribution in [0.1, 0.15) is 12.5 Å². The largest absolute Gasteiger partial charge is 0.481 e. The summed E-state index contributed by atoms with van der Waals surface area (Å²) in [5, 5.41) is 3.17. The maximum Gasteiger partial charge on any atom is 0.309 e. The van der Waals surface area contributed by atoms with Crippen molar-refractivity contribution in [1.29, 1.82) is 0 Å². The van der Waals surface area contributed by atoms with Gasteiger partial charge in [-0.15, -0.1) is 0 Å². The molecule has 1 unspecified atom stereocenters. The van der Waals surface area contributed by atoms with Crippen molar-refractivity contribution in [2.24, 2.45) is 5.92 Å². The SMILES string of the molecule is COC(=O)C(C)CNCc1cccnc1OC. The number of rotatable bonds is 6. The number of hydrogen-bond acceptors (Lipinski definition) is 5. The second-order valence-electron chi connectivity index (χ2n) is 3.73. The second kappa shape index (κ2) is 6.85. The minimum absolute atomic E-state index is 0.164. The summed E-state index contributed by atoms with van der Waals surface area (Å²) >= 11 is 0. The van der Waals surface area contributed by atoms with Crippen LogP contribution in [0.15, 0.2) is 18.3 Å². The Hall–Kier alpha value is -1.62. The highest BCUT2D eigenvalue weighted by Crippen LogP contribution is 2.12. The number of carbonyl (C=O) groups excluding carboxylic acids is 1. The first-order valence-corrected chi connectivity index (χ1v) is 5.45. The van der Waals surface area contributed by atoms with Crippen LogP contribution in [-0.4, -0.2) is 31.7 Å². The Bertz CT molecular complexity index is 369. The third-order valence-corrected chi connectivity index (χ3v) is 2.41. The van der Waals surface area contributed by atoms with E-state index in [0.29, 0.717) is 19.0 Å². The Balaban J connectivity index is 2.43. The summed E-state index contributed by atoms with van der Waals surface area (Å²) in [7, 11) is 2.98. The minimum atomic E-state index is -0.212. The van der Waals surface area contributed by atoms with Crippen LogP contribution in [0.25, 0.3) is 0 Å². The summed E-state index contributed by atoms with van der Waals surface area (Å²) in [6.45, 7) is 2.99. The molecule has 5 nitrogen and oxygen atoms in total. The number of aromatic nitrogens is 1. The van der Waals surface area contributed by atoms with Gasteiger partial charge in [0.1, 0.15) is 0 Å². The normalized spacial score (nSPS) is 11.9. The highest BCUT2D eigenvalue weighted by Gasteiger charge is 2.12. The molecule has 1 aromatic heterocycles. The smallest absolute Gasteiger partial charge is 0.309 e. The van der Waals surface area contributed by atoms with Crippen LogP contribution in [0.3, 0.4) is 0 Å². The summed E-state index contributed by atoms with van der Waals surface area (Å²) in [5.41, 5.74) is 0.965. The van der Waals surface area contributed by atoms with Crippen LogP contribution in [0.2, 0.25) is 0 Å². The summed E-state index contributed by atoms with van der Waals surface area (Å²) in [6, 6.07) is 3.78. The van der Waals surface area contributed by atoms with E-state index in [4.69, 9.17) is 4.74 Å². The number of nitrogens with one attached hydrogen (secondary N) is 1. The molecule has 1 rings (SSSR count). The van der Waals surface area contributed by atoms with Gasteiger partial charge >= 0.3 is 5.97 Å². The van der Waals surface area contributed by atoms with E-state index in [2.05, 4.69) is 15.0 Å². The molecular formula is C12H18N2O3. The van der Waals surface area contributed by atoms with Crippen LogP contribution < -0.4 is 10.1 Å². The van der Waals surface area contributed by atoms with E-state index in [9.17, 15) is 4.79 Å². The standard InChI is InChI=1S/C12H18N2O3/c1-9(12(15)17-3)7-13-8-10-5-4-6-14-11(10)16-2/h4-6,9,13H,7-8H2,1-3H3. The maximum absolute atomic E-state index is 11.2. The van der Waals surface area contributed by atoms with Crippen molar-refractivity contribution >= 4 is 5.97 Å². The number of nitrogens with zero attached hydrogens (tertiary/aromatic N) is 1. The van der Waals surface area contributed by atoms with Crippen LogP contribution in [-0.2, 0) is 16.1 Å². The van der Waals surface area contributed by atoms with Crippen LogP contribution in [0.5, 0.6) is 5.88 Å². The fourth-order valence-corrected chi connectivity index (χ4v) is 1.45. The predicted octanol–water partition coefficient (Wildman–Crippen LogP) is 0.989. The minimum Gasteiger partial charge on any atom is -0.481 e. The lowest BCUT2D eigenvalue weighted by atomic mass is 10.2. The first kappa shape index (κ1) is 13.4. The van der Waals surface area contributed by atoms with E-state index in [1.54, 1.807) is 13.3 Å². The topological polar surface area (TPSA) is 60.5 Å². The van der Waals surface area contributed by atoms with Crippen molar-refractivity contribution in [3.8, 4) is 5.88 Å². The van der Waals surface area contributed by atoms with Gasteiger partial charge in [0.15, 0.2) is 0 Å². The Morgan fingerprint density at radius 2 is 2.29 bits per heavy atom. The number of esters is 1. The molecule has 1 heterocycles. The number of methoxy groups -OCH3 is 2. The van der Waals surface area contributed by atoms with Gasteiger partial charge in [-0.25, -0.2) is 4.98 Å². The average molecular weight is 238 g/mol. The lowest BCUT2D eigenvalue weighted by Crippen LogP contribution is -2.27. The van der Waals surface area contributed by atoms with Gasteiger partial charge in [-0.05, 0) is 6.07 Å². The molecule has 0 aliphatic heterocycles. The van der Waals surface area contributed by atoms with E-state index in [0.717, 1.165) is 5.56 Å². The monoisotopic (exact) mass is 238 g/mol. The summed E-state index contributed by atoms with van der Waals surface area (Å²) < 4.78 is 9.77. The molecule has 0 amide bonds. The van der Waals surface area contributed by atoms with Gasteiger partial charge in [0, 0.05) is 24.8 Å². The molecule has 17 heavy (non-hydrogen) atoms. The number of pyridine rings is 1. The molecule has 0 aliphatic carbocycles. The average Bonchev–Trinajstić information content (AvgIpc) is 2.38. The predicted molar refractivity (Wildman–Crippen MR) is 63.7 cm³/mol. The molecule has 0 saturated carbocycles. The lowest BCUT2D eigenvalue weighted by molar-refractivity contribution is -0.144. The van der Waals surface area contributed by atoms with E-state index in [-0.39, 0.29) is 11.9 Å². The van der Waals surface area contributed by atoms with Gasteiger partial charge in [0.25, 0.3) is 0 Å². The van der Waals surface area contributed by atoms with Crippen LogP contribution in [0.4, 0.5) is 0 Å². The molecule has 0 radical (unpaired) electrons. The molecule has 0 fully saturated rings. The van der Waals surface area contributed by atoms with Crippen molar-refractivity contribution in [1.82, 2.24) is 10.3 Å². The zero-order valence-corrected chi connectivity index (χ0v) is 10.4. The van der Waals surface area contributed by atoms with Crippen molar-refractivity contribution in [2.45, 2.75) is 13.5 Å². The van der Waals surface area contributed by atoms with Gasteiger partial charge in [0.05, 0.1) is 20.1 Å². The molecule has 0 spiro atoms. The van der Waals surface area contributed by atoms with Gasteiger partial charge in [-0.2, -0.15) is 0 Å². The van der Waals surface area contributed by atoms with Crippen LogP contribution in [0, 0.1) is 5.92 Å². The Kier molecular flexibility index (Phi) is 5.42. The fraction of sp³-hybridized carbons (Fsp3) is 0.500.